The predicted molar refractivity (Wildman–Crippen MR) is 80.0 cm³/mol. The number of carbonyl (C=O) groups is 1. The van der Waals surface area contributed by atoms with Crippen LogP contribution in [0.15, 0.2) is 24.8 Å². The largest absolute Gasteiger partial charge is 0.351 e. The van der Waals surface area contributed by atoms with Gasteiger partial charge in [0, 0.05) is 24.3 Å². The Hall–Kier alpha value is -1.43. The number of halogens is 1. The zero-order valence-electron chi connectivity index (χ0n) is 11.2. The summed E-state index contributed by atoms with van der Waals surface area (Å²) in [6, 6.07) is 0. The summed E-state index contributed by atoms with van der Waals surface area (Å²) in [4.78, 5) is 16.4. The van der Waals surface area contributed by atoms with E-state index in [-0.39, 0.29) is 11.3 Å². The maximum Gasteiger partial charge on any atom is 0.255 e. The van der Waals surface area contributed by atoms with Gasteiger partial charge in [0.2, 0.25) is 0 Å². The van der Waals surface area contributed by atoms with Gasteiger partial charge in [-0.15, -0.1) is 0 Å². The van der Waals surface area contributed by atoms with Crippen molar-refractivity contribution in [2.45, 2.75) is 25.7 Å². The van der Waals surface area contributed by atoms with Gasteiger partial charge in [0.25, 0.3) is 5.91 Å². The number of amides is 1. The summed E-state index contributed by atoms with van der Waals surface area (Å²) in [5.74, 6) is -0.0692. The van der Waals surface area contributed by atoms with Crippen molar-refractivity contribution in [2.75, 3.05) is 11.9 Å². The van der Waals surface area contributed by atoms with Crippen LogP contribution in [-0.2, 0) is 0 Å². The summed E-state index contributed by atoms with van der Waals surface area (Å²) in [6.07, 6.45) is 11.5. The Labute approximate surface area is 125 Å². The minimum Gasteiger partial charge on any atom is -0.351 e. The van der Waals surface area contributed by atoms with Gasteiger partial charge >= 0.3 is 0 Å². The number of hydrogen-bond acceptors (Lipinski definition) is 3. The molecule has 0 unspecified atom stereocenters. The number of carbonyl (C=O) groups excluding carboxylic acids is 1. The third kappa shape index (κ3) is 2.44. The molecule has 2 aromatic rings. The van der Waals surface area contributed by atoms with Gasteiger partial charge in [-0.1, -0.05) is 28.8 Å². The number of aromatic nitrogens is 3. The predicted octanol–water partition coefficient (Wildman–Crippen LogP) is 2.41. The molecule has 0 aliphatic heterocycles. The Morgan fingerprint density at radius 1 is 1.40 bits per heavy atom. The Morgan fingerprint density at radius 3 is 2.95 bits per heavy atom. The first-order chi connectivity index (χ1) is 9.74. The van der Waals surface area contributed by atoms with Crippen LogP contribution in [0.4, 0.5) is 0 Å². The van der Waals surface area contributed by atoms with Crippen LogP contribution >= 0.6 is 15.9 Å². The smallest absolute Gasteiger partial charge is 0.255 e. The van der Waals surface area contributed by atoms with Crippen molar-refractivity contribution in [1.29, 1.82) is 0 Å². The third-order valence-electron chi connectivity index (χ3n) is 4.14. The Balaban J connectivity index is 1.73. The SMILES string of the molecule is O=C(NCC1(CBr)CCCC1)c1cnn2ccncc12. The highest BCUT2D eigenvalue weighted by Gasteiger charge is 2.33. The van der Waals surface area contributed by atoms with E-state index < -0.39 is 0 Å². The van der Waals surface area contributed by atoms with Crippen molar-refractivity contribution < 1.29 is 4.79 Å². The second-order valence-electron chi connectivity index (χ2n) is 5.49. The van der Waals surface area contributed by atoms with E-state index in [1.54, 1.807) is 29.3 Å². The molecular formula is C14H17BrN4O. The van der Waals surface area contributed by atoms with Crippen molar-refractivity contribution >= 4 is 27.4 Å². The number of hydrogen-bond donors (Lipinski definition) is 1. The Kier molecular flexibility index (Phi) is 3.74. The molecule has 20 heavy (non-hydrogen) atoms. The van der Waals surface area contributed by atoms with Gasteiger partial charge in [0.1, 0.15) is 0 Å². The standard InChI is InChI=1S/C14H17BrN4O/c15-9-14(3-1-2-4-14)10-17-13(20)11-7-18-19-6-5-16-8-12(11)19/h5-8H,1-4,9-10H2,(H,17,20). The van der Waals surface area contributed by atoms with Crippen molar-refractivity contribution in [3.8, 4) is 0 Å². The molecule has 1 aliphatic carbocycles. The molecule has 1 N–H and O–H groups in total. The van der Waals surface area contributed by atoms with E-state index in [4.69, 9.17) is 0 Å². The minimum atomic E-state index is -0.0692. The van der Waals surface area contributed by atoms with E-state index in [2.05, 4.69) is 31.3 Å². The molecule has 1 aliphatic rings. The molecule has 0 aromatic carbocycles. The first-order valence-electron chi connectivity index (χ1n) is 6.86. The van der Waals surface area contributed by atoms with Crippen LogP contribution in [0.1, 0.15) is 36.0 Å². The van der Waals surface area contributed by atoms with E-state index in [9.17, 15) is 4.79 Å². The second kappa shape index (κ2) is 5.52. The molecule has 6 heteroatoms. The van der Waals surface area contributed by atoms with E-state index in [1.807, 2.05) is 0 Å². The maximum atomic E-state index is 12.3. The molecule has 0 atom stereocenters. The fourth-order valence-corrected chi connectivity index (χ4v) is 3.61. The fraction of sp³-hybridized carbons (Fsp3) is 0.500. The average molecular weight is 337 g/mol. The van der Waals surface area contributed by atoms with Gasteiger partial charge in [-0.05, 0) is 18.3 Å². The molecule has 0 saturated heterocycles. The normalized spacial score (nSPS) is 17.4. The van der Waals surface area contributed by atoms with E-state index in [0.29, 0.717) is 12.1 Å². The molecule has 0 spiro atoms. The highest BCUT2D eigenvalue weighted by molar-refractivity contribution is 9.09. The zero-order chi connectivity index (χ0) is 14.0. The molecule has 2 aromatic heterocycles. The molecule has 1 amide bonds. The second-order valence-corrected chi connectivity index (χ2v) is 6.05. The molecule has 0 bridgehead atoms. The van der Waals surface area contributed by atoms with Crippen LogP contribution in [0.2, 0.25) is 0 Å². The van der Waals surface area contributed by atoms with Gasteiger partial charge in [0.15, 0.2) is 0 Å². The molecule has 2 heterocycles. The van der Waals surface area contributed by atoms with Gasteiger partial charge < -0.3 is 5.32 Å². The highest BCUT2D eigenvalue weighted by Crippen LogP contribution is 2.39. The zero-order valence-corrected chi connectivity index (χ0v) is 12.8. The summed E-state index contributed by atoms with van der Waals surface area (Å²) >= 11 is 3.59. The average Bonchev–Trinajstić information content (AvgIpc) is 3.12. The van der Waals surface area contributed by atoms with Gasteiger partial charge in [0.05, 0.1) is 23.5 Å². The molecule has 5 nitrogen and oxygen atoms in total. The summed E-state index contributed by atoms with van der Waals surface area (Å²) in [7, 11) is 0. The summed E-state index contributed by atoms with van der Waals surface area (Å²) < 4.78 is 1.66. The van der Waals surface area contributed by atoms with E-state index in [0.717, 1.165) is 10.8 Å². The van der Waals surface area contributed by atoms with Gasteiger partial charge in [-0.3, -0.25) is 9.78 Å². The number of nitrogens with one attached hydrogen (secondary N) is 1. The van der Waals surface area contributed by atoms with Crippen molar-refractivity contribution in [2.24, 2.45) is 5.41 Å². The summed E-state index contributed by atoms with van der Waals surface area (Å²) in [5.41, 5.74) is 1.54. The minimum absolute atomic E-state index is 0.0692. The lowest BCUT2D eigenvalue weighted by molar-refractivity contribution is 0.0937. The third-order valence-corrected chi connectivity index (χ3v) is 5.33. The summed E-state index contributed by atoms with van der Waals surface area (Å²) in [5, 5.41) is 8.17. The summed E-state index contributed by atoms with van der Waals surface area (Å²) in [6.45, 7) is 0.717. The number of nitrogens with zero attached hydrogens (tertiary/aromatic N) is 3. The molecule has 3 rings (SSSR count). The van der Waals surface area contributed by atoms with E-state index in [1.165, 1.54) is 25.7 Å². The lowest BCUT2D eigenvalue weighted by Gasteiger charge is -2.26. The lowest BCUT2D eigenvalue weighted by Crippen LogP contribution is -2.37. The van der Waals surface area contributed by atoms with Crippen molar-refractivity contribution in [3.63, 3.8) is 0 Å². The maximum absolute atomic E-state index is 12.3. The first kappa shape index (κ1) is 13.5. The first-order valence-corrected chi connectivity index (χ1v) is 7.98. The topological polar surface area (TPSA) is 59.3 Å². The molecule has 1 fully saturated rings. The van der Waals surface area contributed by atoms with Gasteiger partial charge in [-0.2, -0.15) is 5.10 Å². The highest BCUT2D eigenvalue weighted by atomic mass is 79.9. The molecule has 0 radical (unpaired) electrons. The lowest BCUT2D eigenvalue weighted by atomic mass is 9.89. The quantitative estimate of drug-likeness (QED) is 0.872. The fourth-order valence-electron chi connectivity index (χ4n) is 2.86. The molecular weight excluding hydrogens is 320 g/mol. The van der Waals surface area contributed by atoms with Crippen LogP contribution in [0.3, 0.4) is 0 Å². The van der Waals surface area contributed by atoms with Crippen LogP contribution in [0.25, 0.3) is 5.52 Å². The van der Waals surface area contributed by atoms with Crippen molar-refractivity contribution in [3.05, 3.63) is 30.4 Å². The number of alkyl halides is 1. The van der Waals surface area contributed by atoms with Crippen LogP contribution < -0.4 is 5.32 Å². The number of rotatable bonds is 4. The van der Waals surface area contributed by atoms with Crippen LogP contribution in [0, 0.1) is 5.41 Å². The molecule has 106 valence electrons. The number of fused-ring (bicyclic) bond motifs is 1. The Bertz CT molecular complexity index is 618. The van der Waals surface area contributed by atoms with Gasteiger partial charge in [-0.25, -0.2) is 4.52 Å². The monoisotopic (exact) mass is 336 g/mol. The molecule has 1 saturated carbocycles. The van der Waals surface area contributed by atoms with Crippen molar-refractivity contribution in [1.82, 2.24) is 19.9 Å². The van der Waals surface area contributed by atoms with Crippen LogP contribution in [-0.4, -0.2) is 32.4 Å². The Morgan fingerprint density at radius 2 is 2.20 bits per heavy atom. The van der Waals surface area contributed by atoms with E-state index >= 15 is 0 Å². The van der Waals surface area contributed by atoms with Crippen LogP contribution in [0.5, 0.6) is 0 Å².